The van der Waals surface area contributed by atoms with Crippen LogP contribution in [0.15, 0.2) is 12.7 Å². The van der Waals surface area contributed by atoms with Gasteiger partial charge in [0.05, 0.1) is 0 Å². The average molecular weight is 260 g/mol. The van der Waals surface area contributed by atoms with Gasteiger partial charge in [-0.05, 0) is 18.9 Å². The second kappa shape index (κ2) is 6.05. The molecule has 17 heavy (non-hydrogen) atoms. The van der Waals surface area contributed by atoms with E-state index in [9.17, 15) is 9.59 Å². The van der Waals surface area contributed by atoms with Crippen LogP contribution in [-0.2, 0) is 9.53 Å². The summed E-state index contributed by atoms with van der Waals surface area (Å²) in [6.07, 6.45) is 3.76. The molecular formula is C12H18ClNO3. The standard InChI is InChI=1S/C12H18ClNO3/c1-2-12(6-7-13,17-11(14)16)9-4-3-5-10(15)8-9/h2,9H,1,3-8H2,(H2,14,16). The molecule has 0 aromatic carbocycles. The number of ether oxygens (including phenoxy) is 1. The van der Waals surface area contributed by atoms with Crippen LogP contribution in [0.25, 0.3) is 0 Å². The van der Waals surface area contributed by atoms with Crippen molar-refractivity contribution in [3.63, 3.8) is 0 Å². The lowest BCUT2D eigenvalue weighted by atomic mass is 9.75. The topological polar surface area (TPSA) is 69.4 Å². The molecule has 1 aliphatic rings. The molecule has 2 N–H and O–H groups in total. The average Bonchev–Trinajstić information content (AvgIpc) is 2.27. The van der Waals surface area contributed by atoms with Crippen LogP contribution in [-0.4, -0.2) is 23.4 Å². The number of halogens is 1. The monoisotopic (exact) mass is 259 g/mol. The third kappa shape index (κ3) is 3.46. The Morgan fingerprint density at radius 1 is 1.71 bits per heavy atom. The van der Waals surface area contributed by atoms with Crippen molar-refractivity contribution in [3.8, 4) is 0 Å². The molecule has 0 spiro atoms. The second-order valence-corrected chi connectivity index (χ2v) is 4.73. The van der Waals surface area contributed by atoms with Crippen molar-refractivity contribution in [2.75, 3.05) is 5.88 Å². The number of hydrogen-bond acceptors (Lipinski definition) is 3. The molecule has 4 nitrogen and oxygen atoms in total. The van der Waals surface area contributed by atoms with Gasteiger partial charge in [-0.15, -0.1) is 11.6 Å². The first-order chi connectivity index (χ1) is 8.04. The first-order valence-corrected chi connectivity index (χ1v) is 6.27. The van der Waals surface area contributed by atoms with E-state index in [1.165, 1.54) is 0 Å². The zero-order chi connectivity index (χ0) is 12.9. The smallest absolute Gasteiger partial charge is 0.405 e. The van der Waals surface area contributed by atoms with E-state index in [2.05, 4.69) is 6.58 Å². The highest BCUT2D eigenvalue weighted by atomic mass is 35.5. The van der Waals surface area contributed by atoms with Crippen LogP contribution >= 0.6 is 11.6 Å². The molecule has 1 amide bonds. The lowest BCUT2D eigenvalue weighted by molar-refractivity contribution is -0.124. The summed E-state index contributed by atoms with van der Waals surface area (Å²) < 4.78 is 5.20. The van der Waals surface area contributed by atoms with Crippen LogP contribution in [0, 0.1) is 5.92 Å². The molecule has 1 aliphatic carbocycles. The Morgan fingerprint density at radius 3 is 2.88 bits per heavy atom. The van der Waals surface area contributed by atoms with Crippen molar-refractivity contribution >= 4 is 23.5 Å². The molecule has 0 bridgehead atoms. The van der Waals surface area contributed by atoms with Gasteiger partial charge < -0.3 is 10.5 Å². The van der Waals surface area contributed by atoms with Crippen molar-refractivity contribution in [2.24, 2.45) is 11.7 Å². The van der Waals surface area contributed by atoms with Crippen LogP contribution in [0.2, 0.25) is 0 Å². The second-order valence-electron chi connectivity index (χ2n) is 4.35. The number of nitrogens with two attached hydrogens (primary N) is 1. The Kier molecular flexibility index (Phi) is 5.00. The van der Waals surface area contributed by atoms with Crippen LogP contribution in [0.5, 0.6) is 0 Å². The van der Waals surface area contributed by atoms with Gasteiger partial charge in [0, 0.05) is 31.1 Å². The minimum atomic E-state index is -0.899. The highest BCUT2D eigenvalue weighted by molar-refractivity contribution is 6.17. The summed E-state index contributed by atoms with van der Waals surface area (Å²) in [5.74, 6) is 0.451. The fourth-order valence-electron chi connectivity index (χ4n) is 2.43. The summed E-state index contributed by atoms with van der Waals surface area (Å²) >= 11 is 5.74. The van der Waals surface area contributed by atoms with Crippen molar-refractivity contribution in [1.82, 2.24) is 0 Å². The summed E-state index contributed by atoms with van der Waals surface area (Å²) in [6.45, 7) is 3.70. The number of ketones is 1. The predicted octanol–water partition coefficient (Wildman–Crippen LogP) is 2.39. The number of Topliss-reactive ketones (excluding diaryl/α,β-unsaturated/α-hetero) is 1. The van der Waals surface area contributed by atoms with Gasteiger partial charge >= 0.3 is 6.09 Å². The molecule has 0 aromatic rings. The fraction of sp³-hybridized carbons (Fsp3) is 0.667. The molecule has 0 saturated heterocycles. The fourth-order valence-corrected chi connectivity index (χ4v) is 2.72. The van der Waals surface area contributed by atoms with Crippen molar-refractivity contribution in [1.29, 1.82) is 0 Å². The first kappa shape index (κ1) is 14.0. The number of primary amides is 1. The van der Waals surface area contributed by atoms with E-state index in [0.717, 1.165) is 12.8 Å². The third-order valence-corrected chi connectivity index (χ3v) is 3.48. The normalized spacial score (nSPS) is 23.8. The molecule has 0 aromatic heterocycles. The minimum absolute atomic E-state index is 0.0625. The van der Waals surface area contributed by atoms with E-state index >= 15 is 0 Å². The quantitative estimate of drug-likeness (QED) is 0.609. The van der Waals surface area contributed by atoms with Crippen molar-refractivity contribution < 1.29 is 14.3 Å². The van der Waals surface area contributed by atoms with Crippen LogP contribution in [0.1, 0.15) is 32.1 Å². The summed E-state index contributed by atoms with van der Waals surface area (Å²) in [6, 6.07) is 0. The van der Waals surface area contributed by atoms with E-state index in [0.29, 0.717) is 25.1 Å². The lowest BCUT2D eigenvalue weighted by Gasteiger charge is -2.38. The van der Waals surface area contributed by atoms with Crippen LogP contribution in [0.4, 0.5) is 4.79 Å². The molecule has 2 atom stereocenters. The van der Waals surface area contributed by atoms with Crippen LogP contribution < -0.4 is 5.73 Å². The third-order valence-electron chi connectivity index (χ3n) is 3.29. The highest BCUT2D eigenvalue weighted by Gasteiger charge is 2.41. The van der Waals surface area contributed by atoms with Gasteiger partial charge in [-0.25, -0.2) is 4.79 Å². The Morgan fingerprint density at radius 2 is 2.41 bits per heavy atom. The van der Waals surface area contributed by atoms with E-state index in [1.54, 1.807) is 6.08 Å². The van der Waals surface area contributed by atoms with E-state index < -0.39 is 11.7 Å². The maximum absolute atomic E-state index is 11.5. The molecule has 0 heterocycles. The molecule has 1 saturated carbocycles. The van der Waals surface area contributed by atoms with Gasteiger partial charge in [-0.1, -0.05) is 6.58 Å². The van der Waals surface area contributed by atoms with E-state index in [1.807, 2.05) is 0 Å². The van der Waals surface area contributed by atoms with Crippen molar-refractivity contribution in [2.45, 2.75) is 37.7 Å². The van der Waals surface area contributed by atoms with Gasteiger partial charge in [0.2, 0.25) is 0 Å². The van der Waals surface area contributed by atoms with Gasteiger partial charge in [0.1, 0.15) is 11.4 Å². The molecule has 2 unspecified atom stereocenters. The first-order valence-electron chi connectivity index (χ1n) is 5.74. The maximum Gasteiger partial charge on any atom is 0.405 e. The predicted molar refractivity (Wildman–Crippen MR) is 65.9 cm³/mol. The molecule has 0 radical (unpaired) electrons. The summed E-state index contributed by atoms with van der Waals surface area (Å²) in [5, 5.41) is 0. The Hall–Kier alpha value is -1.03. The number of amides is 1. The number of alkyl halides is 1. The van der Waals surface area contributed by atoms with Gasteiger partial charge in [0.15, 0.2) is 0 Å². The molecule has 1 fully saturated rings. The number of carbonyl (C=O) groups is 2. The number of hydrogen-bond donors (Lipinski definition) is 1. The summed E-state index contributed by atoms with van der Waals surface area (Å²) in [7, 11) is 0. The zero-order valence-corrected chi connectivity index (χ0v) is 10.5. The molecular weight excluding hydrogens is 242 g/mol. The summed E-state index contributed by atoms with van der Waals surface area (Å²) in [4.78, 5) is 22.5. The van der Waals surface area contributed by atoms with Crippen LogP contribution in [0.3, 0.4) is 0 Å². The highest BCUT2D eigenvalue weighted by Crippen LogP contribution is 2.37. The largest absolute Gasteiger partial charge is 0.438 e. The lowest BCUT2D eigenvalue weighted by Crippen LogP contribution is -2.44. The molecule has 96 valence electrons. The van der Waals surface area contributed by atoms with E-state index in [-0.39, 0.29) is 11.7 Å². The van der Waals surface area contributed by atoms with Crippen molar-refractivity contribution in [3.05, 3.63) is 12.7 Å². The maximum atomic E-state index is 11.5. The van der Waals surface area contributed by atoms with Gasteiger partial charge in [-0.2, -0.15) is 0 Å². The number of rotatable bonds is 5. The minimum Gasteiger partial charge on any atom is -0.438 e. The molecule has 0 aliphatic heterocycles. The SMILES string of the molecule is C=CC(CCCl)(OC(N)=O)C1CCCC(=O)C1. The van der Waals surface area contributed by atoms with Gasteiger partial charge in [-0.3, -0.25) is 4.79 Å². The zero-order valence-electron chi connectivity index (χ0n) is 9.78. The Labute approximate surface area is 106 Å². The Balaban J connectivity index is 2.89. The van der Waals surface area contributed by atoms with Gasteiger partial charge in [0.25, 0.3) is 0 Å². The summed E-state index contributed by atoms with van der Waals surface area (Å²) in [5.41, 5.74) is 4.19. The number of carbonyl (C=O) groups excluding carboxylic acids is 2. The molecule has 1 rings (SSSR count). The van der Waals surface area contributed by atoms with E-state index in [4.69, 9.17) is 22.1 Å². The molecule has 5 heteroatoms. The Bertz CT molecular complexity index is 319.